The molecule has 0 bridgehead atoms. The zero-order valence-electron chi connectivity index (χ0n) is 22.7. The van der Waals surface area contributed by atoms with Gasteiger partial charge in [-0.25, -0.2) is 4.39 Å². The highest BCUT2D eigenvalue weighted by molar-refractivity contribution is 5.92. The fourth-order valence-electron chi connectivity index (χ4n) is 5.35. The van der Waals surface area contributed by atoms with Crippen molar-refractivity contribution in [3.05, 3.63) is 107 Å². The zero-order chi connectivity index (χ0) is 28.2. The van der Waals surface area contributed by atoms with E-state index >= 15 is 0 Å². The summed E-state index contributed by atoms with van der Waals surface area (Å²) in [5, 5.41) is 9.29. The van der Waals surface area contributed by atoms with Crippen molar-refractivity contribution in [1.29, 1.82) is 0 Å². The van der Waals surface area contributed by atoms with E-state index in [-0.39, 0.29) is 36.8 Å². The maximum absolute atomic E-state index is 13.6. The van der Waals surface area contributed by atoms with Gasteiger partial charge in [0.2, 0.25) is 13.1 Å². The maximum atomic E-state index is 13.6. The number of carbonyl (C=O) groups excluding carboxylic acids is 1. The molecule has 0 radical (unpaired) electrons. The molecule has 41 heavy (non-hydrogen) atoms. The quantitative estimate of drug-likeness (QED) is 0.440. The summed E-state index contributed by atoms with van der Waals surface area (Å²) in [6.07, 6.45) is 1.70. The van der Waals surface area contributed by atoms with E-state index < -0.39 is 6.29 Å². The van der Waals surface area contributed by atoms with E-state index in [9.17, 15) is 14.3 Å². The number of halogens is 1. The van der Waals surface area contributed by atoms with Gasteiger partial charge in [-0.05, 0) is 52.6 Å². The highest BCUT2D eigenvalue weighted by Crippen LogP contribution is 2.34. The van der Waals surface area contributed by atoms with Crippen LogP contribution >= 0.6 is 0 Å². The molecule has 6 rings (SSSR count). The number of carbonyl (C=O) groups is 1. The second-order valence-corrected chi connectivity index (χ2v) is 10.5. The van der Waals surface area contributed by atoms with Crippen molar-refractivity contribution in [1.82, 2.24) is 9.80 Å². The number of amides is 1. The van der Waals surface area contributed by atoms with Gasteiger partial charge in [0.05, 0.1) is 13.2 Å². The number of rotatable bonds is 8. The molecule has 3 aliphatic heterocycles. The third kappa shape index (κ3) is 6.53. The third-order valence-corrected chi connectivity index (χ3v) is 7.71. The molecule has 0 aromatic heterocycles. The molecule has 1 fully saturated rings. The van der Waals surface area contributed by atoms with Crippen LogP contribution in [0.5, 0.6) is 11.5 Å². The largest absolute Gasteiger partial charge is 0.459 e. The van der Waals surface area contributed by atoms with Crippen LogP contribution in [0.25, 0.3) is 0 Å². The van der Waals surface area contributed by atoms with Gasteiger partial charge in [-0.1, -0.05) is 42.5 Å². The number of hydrogen-bond acceptors (Lipinski definition) is 7. The van der Waals surface area contributed by atoms with Crippen molar-refractivity contribution in [2.45, 2.75) is 38.4 Å². The SMILES string of the molecule is O=C(C1=C[C@H](c2ccc(F)cc2)C[C@H](OCc2ccc(CO)cc2)O1)N1CCN(Cc2ccc3c(c2)OCO3)CC1. The molecule has 9 heteroatoms. The summed E-state index contributed by atoms with van der Waals surface area (Å²) in [5.41, 5.74) is 3.80. The lowest BCUT2D eigenvalue weighted by atomic mass is 9.92. The monoisotopic (exact) mass is 560 g/mol. The molecule has 1 N–H and O–H groups in total. The predicted octanol–water partition coefficient (Wildman–Crippen LogP) is 4.32. The van der Waals surface area contributed by atoms with Crippen LogP contribution in [0, 0.1) is 5.82 Å². The Balaban J connectivity index is 1.10. The van der Waals surface area contributed by atoms with Gasteiger partial charge < -0.3 is 29.0 Å². The van der Waals surface area contributed by atoms with E-state index in [2.05, 4.69) is 4.90 Å². The minimum atomic E-state index is -0.640. The van der Waals surface area contributed by atoms with Crippen LogP contribution in [0.3, 0.4) is 0 Å². The van der Waals surface area contributed by atoms with Crippen LogP contribution in [0.15, 0.2) is 78.6 Å². The van der Waals surface area contributed by atoms with Crippen LogP contribution in [-0.4, -0.2) is 60.1 Å². The Bertz CT molecular complexity index is 1390. The molecule has 3 heterocycles. The first-order valence-electron chi connectivity index (χ1n) is 13.9. The number of aliphatic hydroxyl groups excluding tert-OH is 1. The molecular weight excluding hydrogens is 527 g/mol. The normalized spacial score (nSPS) is 20.4. The average molecular weight is 561 g/mol. The Morgan fingerprint density at radius 1 is 0.902 bits per heavy atom. The van der Waals surface area contributed by atoms with Crippen LogP contribution < -0.4 is 9.47 Å². The topological polar surface area (TPSA) is 80.7 Å². The lowest BCUT2D eigenvalue weighted by Crippen LogP contribution is -2.49. The second kappa shape index (κ2) is 12.3. The molecule has 2 atom stereocenters. The molecule has 0 aliphatic carbocycles. The van der Waals surface area contributed by atoms with Crippen LogP contribution in [0.1, 0.15) is 34.6 Å². The summed E-state index contributed by atoms with van der Waals surface area (Å²) in [5.74, 6) is 1.17. The first kappa shape index (κ1) is 27.3. The van der Waals surface area contributed by atoms with E-state index in [1.165, 1.54) is 12.1 Å². The summed E-state index contributed by atoms with van der Waals surface area (Å²) < 4.78 is 36.7. The van der Waals surface area contributed by atoms with Gasteiger partial charge in [0, 0.05) is 45.1 Å². The number of hydrogen-bond donors (Lipinski definition) is 1. The molecule has 3 aromatic rings. The minimum Gasteiger partial charge on any atom is -0.459 e. The Kier molecular flexibility index (Phi) is 8.18. The van der Waals surface area contributed by atoms with E-state index in [0.717, 1.165) is 53.4 Å². The zero-order valence-corrected chi connectivity index (χ0v) is 22.7. The average Bonchev–Trinajstić information content (AvgIpc) is 3.49. The molecule has 1 saturated heterocycles. The third-order valence-electron chi connectivity index (χ3n) is 7.71. The number of allylic oxidation sites excluding steroid dienone is 1. The summed E-state index contributed by atoms with van der Waals surface area (Å²) in [6.45, 7) is 3.92. The van der Waals surface area contributed by atoms with Crippen molar-refractivity contribution >= 4 is 5.91 Å². The first-order chi connectivity index (χ1) is 20.0. The van der Waals surface area contributed by atoms with E-state index in [1.54, 1.807) is 12.1 Å². The molecule has 8 nitrogen and oxygen atoms in total. The van der Waals surface area contributed by atoms with Crippen molar-refractivity contribution in [3.8, 4) is 11.5 Å². The van der Waals surface area contributed by atoms with E-state index in [4.69, 9.17) is 18.9 Å². The van der Waals surface area contributed by atoms with Gasteiger partial charge in [0.25, 0.3) is 5.91 Å². The van der Waals surface area contributed by atoms with Crippen LogP contribution in [0.2, 0.25) is 0 Å². The number of benzene rings is 3. The Hall–Kier alpha value is -3.92. The fraction of sp³-hybridized carbons (Fsp3) is 0.344. The summed E-state index contributed by atoms with van der Waals surface area (Å²) in [4.78, 5) is 17.7. The van der Waals surface area contributed by atoms with Gasteiger partial charge in [0.15, 0.2) is 17.3 Å². The van der Waals surface area contributed by atoms with Gasteiger partial charge in [-0.15, -0.1) is 0 Å². The highest BCUT2D eigenvalue weighted by Gasteiger charge is 2.32. The number of fused-ring (bicyclic) bond motifs is 1. The fourth-order valence-corrected chi connectivity index (χ4v) is 5.35. The summed E-state index contributed by atoms with van der Waals surface area (Å²) in [6, 6.07) is 19.8. The van der Waals surface area contributed by atoms with Gasteiger partial charge in [0.1, 0.15) is 5.82 Å². The second-order valence-electron chi connectivity index (χ2n) is 10.5. The molecule has 1 amide bonds. The highest BCUT2D eigenvalue weighted by atomic mass is 19.1. The summed E-state index contributed by atoms with van der Waals surface area (Å²) in [7, 11) is 0. The standard InChI is InChI=1S/C32H33FN2O6/c33-27-8-6-25(7-9-27)26-16-30(41-31(17-26)38-20-23-3-1-22(19-36)2-4-23)32(37)35-13-11-34(12-14-35)18-24-5-10-28-29(15-24)40-21-39-28/h1-10,15-16,26,31,36H,11-14,17-21H2/t26-,31+/m0/s1. The first-order valence-corrected chi connectivity index (χ1v) is 13.9. The Morgan fingerprint density at radius 3 is 2.37 bits per heavy atom. The minimum absolute atomic E-state index is 0.0187. The Labute approximate surface area is 238 Å². The molecule has 0 unspecified atom stereocenters. The van der Waals surface area contributed by atoms with Gasteiger partial charge in [-0.2, -0.15) is 0 Å². The lowest BCUT2D eigenvalue weighted by Gasteiger charge is -2.36. The molecule has 0 saturated carbocycles. The van der Waals surface area contributed by atoms with Gasteiger partial charge in [-0.3, -0.25) is 9.69 Å². The number of nitrogens with zero attached hydrogens (tertiary/aromatic N) is 2. The maximum Gasteiger partial charge on any atom is 0.288 e. The molecule has 214 valence electrons. The van der Waals surface area contributed by atoms with E-state index in [1.807, 2.05) is 53.4 Å². The van der Waals surface area contributed by atoms with Gasteiger partial charge >= 0.3 is 0 Å². The number of piperazine rings is 1. The number of ether oxygens (including phenoxy) is 4. The predicted molar refractivity (Wildman–Crippen MR) is 148 cm³/mol. The molecule has 3 aliphatic rings. The Morgan fingerprint density at radius 2 is 1.61 bits per heavy atom. The van der Waals surface area contributed by atoms with Crippen LogP contribution in [0.4, 0.5) is 4.39 Å². The lowest BCUT2D eigenvalue weighted by molar-refractivity contribution is -0.157. The number of aliphatic hydroxyl groups is 1. The smallest absolute Gasteiger partial charge is 0.288 e. The van der Waals surface area contributed by atoms with Crippen molar-refractivity contribution in [2.75, 3.05) is 33.0 Å². The van der Waals surface area contributed by atoms with Crippen molar-refractivity contribution in [3.63, 3.8) is 0 Å². The van der Waals surface area contributed by atoms with Crippen LogP contribution in [-0.2, 0) is 34.0 Å². The van der Waals surface area contributed by atoms with E-state index in [0.29, 0.717) is 26.1 Å². The van der Waals surface area contributed by atoms with Crippen molar-refractivity contribution in [2.24, 2.45) is 0 Å². The molecule has 3 aromatic carbocycles. The molecular formula is C32H33FN2O6. The summed E-state index contributed by atoms with van der Waals surface area (Å²) >= 11 is 0. The van der Waals surface area contributed by atoms with Crippen molar-refractivity contribution < 1.29 is 33.2 Å². The molecule has 0 spiro atoms.